The van der Waals surface area contributed by atoms with Crippen molar-refractivity contribution in [2.24, 2.45) is 0 Å². The Bertz CT molecular complexity index is 661. The molecular weight excluding hydrogens is 312 g/mol. The predicted octanol–water partition coefficient (Wildman–Crippen LogP) is 1.81. The molecule has 0 spiro atoms. The summed E-state index contributed by atoms with van der Waals surface area (Å²) in [6.45, 7) is 0.364. The lowest BCUT2D eigenvalue weighted by Crippen LogP contribution is -2.30. The first kappa shape index (κ1) is 17.4. The van der Waals surface area contributed by atoms with Crippen molar-refractivity contribution in [3.05, 3.63) is 42.0 Å². The number of aromatic carboxylic acids is 1. The van der Waals surface area contributed by atoms with E-state index in [4.69, 9.17) is 5.11 Å². The molecule has 3 amide bonds. The molecule has 126 valence electrons. The number of nitrogens with zero attached hydrogens (tertiary/aromatic N) is 1. The van der Waals surface area contributed by atoms with E-state index >= 15 is 0 Å². The zero-order valence-corrected chi connectivity index (χ0v) is 13.0. The molecule has 1 aromatic carbocycles. The average molecular weight is 330 g/mol. The van der Waals surface area contributed by atoms with Crippen molar-refractivity contribution in [1.29, 1.82) is 0 Å². The standard InChI is InChI=1S/C17H18N2O5/c20-14(18-13-7-5-12(6-8-13)17(23)24)4-2-1-3-11-19-15(21)9-10-16(19)22/h5-10H,1-4,11H2,(H,18,20)(H,23,24). The Morgan fingerprint density at radius 2 is 1.58 bits per heavy atom. The third-order valence-electron chi connectivity index (χ3n) is 3.60. The SMILES string of the molecule is O=C(CCCCCN1C(=O)C=CC1=O)Nc1ccc(C(=O)O)cc1. The van der Waals surface area contributed by atoms with Crippen LogP contribution in [0.15, 0.2) is 36.4 Å². The highest BCUT2D eigenvalue weighted by molar-refractivity contribution is 6.12. The molecule has 24 heavy (non-hydrogen) atoms. The number of nitrogens with one attached hydrogen (secondary N) is 1. The number of carboxylic acid groups (broad SMARTS) is 1. The van der Waals surface area contributed by atoms with Gasteiger partial charge in [-0.3, -0.25) is 19.3 Å². The van der Waals surface area contributed by atoms with Crippen molar-refractivity contribution in [3.63, 3.8) is 0 Å². The Kier molecular flexibility index (Phi) is 5.83. The summed E-state index contributed by atoms with van der Waals surface area (Å²) in [4.78, 5) is 46.4. The van der Waals surface area contributed by atoms with Gasteiger partial charge in [-0.25, -0.2) is 4.79 Å². The molecule has 0 aromatic heterocycles. The summed E-state index contributed by atoms with van der Waals surface area (Å²) in [5, 5.41) is 11.5. The molecule has 1 aliphatic rings. The van der Waals surface area contributed by atoms with E-state index in [0.717, 1.165) is 6.42 Å². The van der Waals surface area contributed by atoms with Crippen LogP contribution in [0.1, 0.15) is 36.0 Å². The number of hydrogen-bond acceptors (Lipinski definition) is 4. The van der Waals surface area contributed by atoms with Crippen LogP contribution in [0.2, 0.25) is 0 Å². The first-order valence-electron chi connectivity index (χ1n) is 7.64. The second kappa shape index (κ2) is 8.05. The zero-order valence-electron chi connectivity index (χ0n) is 13.0. The Hall–Kier alpha value is -2.96. The van der Waals surface area contributed by atoms with Gasteiger partial charge in [-0.1, -0.05) is 6.42 Å². The van der Waals surface area contributed by atoms with Crippen LogP contribution in [-0.4, -0.2) is 40.2 Å². The normalized spacial score (nSPS) is 13.4. The fraction of sp³-hybridized carbons (Fsp3) is 0.294. The lowest BCUT2D eigenvalue weighted by atomic mass is 10.1. The molecule has 2 rings (SSSR count). The number of benzene rings is 1. The highest BCUT2D eigenvalue weighted by Crippen LogP contribution is 2.11. The Morgan fingerprint density at radius 1 is 0.958 bits per heavy atom. The van der Waals surface area contributed by atoms with E-state index in [1.54, 1.807) is 12.1 Å². The van der Waals surface area contributed by atoms with Crippen LogP contribution >= 0.6 is 0 Å². The quantitative estimate of drug-likeness (QED) is 0.559. The van der Waals surface area contributed by atoms with Gasteiger partial charge in [0.15, 0.2) is 0 Å². The number of rotatable bonds is 8. The molecule has 2 N–H and O–H groups in total. The van der Waals surface area contributed by atoms with Gasteiger partial charge >= 0.3 is 5.97 Å². The van der Waals surface area contributed by atoms with Gasteiger partial charge in [-0.2, -0.15) is 0 Å². The molecule has 1 aromatic rings. The van der Waals surface area contributed by atoms with Crippen LogP contribution in [0.5, 0.6) is 0 Å². The van der Waals surface area contributed by atoms with E-state index in [0.29, 0.717) is 31.5 Å². The maximum atomic E-state index is 11.8. The van der Waals surface area contributed by atoms with Gasteiger partial charge in [0.05, 0.1) is 5.56 Å². The Balaban J connectivity index is 1.64. The van der Waals surface area contributed by atoms with Gasteiger partial charge in [0.25, 0.3) is 11.8 Å². The topological polar surface area (TPSA) is 104 Å². The van der Waals surface area contributed by atoms with Gasteiger partial charge < -0.3 is 10.4 Å². The van der Waals surface area contributed by atoms with Crippen LogP contribution in [0.4, 0.5) is 5.69 Å². The number of hydrogen-bond donors (Lipinski definition) is 2. The van der Waals surface area contributed by atoms with Crippen molar-refractivity contribution in [2.45, 2.75) is 25.7 Å². The van der Waals surface area contributed by atoms with Crippen LogP contribution in [-0.2, 0) is 14.4 Å². The van der Waals surface area contributed by atoms with Crippen molar-refractivity contribution in [3.8, 4) is 0 Å². The second-order valence-corrected chi connectivity index (χ2v) is 5.40. The van der Waals surface area contributed by atoms with Crippen LogP contribution in [0, 0.1) is 0 Å². The predicted molar refractivity (Wildman–Crippen MR) is 86.4 cm³/mol. The Morgan fingerprint density at radius 3 is 2.17 bits per heavy atom. The maximum Gasteiger partial charge on any atom is 0.335 e. The highest BCUT2D eigenvalue weighted by atomic mass is 16.4. The maximum absolute atomic E-state index is 11.8. The summed E-state index contributed by atoms with van der Waals surface area (Å²) in [5.74, 6) is -1.75. The molecular formula is C17H18N2O5. The lowest BCUT2D eigenvalue weighted by molar-refractivity contribution is -0.136. The minimum absolute atomic E-state index is 0.159. The molecule has 7 nitrogen and oxygen atoms in total. The van der Waals surface area contributed by atoms with Gasteiger partial charge in [0, 0.05) is 30.8 Å². The number of carbonyl (C=O) groups is 4. The first-order valence-corrected chi connectivity index (χ1v) is 7.64. The first-order chi connectivity index (χ1) is 11.5. The van der Waals surface area contributed by atoms with Crippen molar-refractivity contribution in [1.82, 2.24) is 4.90 Å². The number of carbonyl (C=O) groups excluding carboxylic acids is 3. The summed E-state index contributed by atoms with van der Waals surface area (Å²) in [5.41, 5.74) is 0.706. The van der Waals surface area contributed by atoms with E-state index in [-0.39, 0.29) is 23.3 Å². The van der Waals surface area contributed by atoms with Gasteiger partial charge in [0.1, 0.15) is 0 Å². The molecule has 0 radical (unpaired) electrons. The highest BCUT2D eigenvalue weighted by Gasteiger charge is 2.22. The molecule has 1 heterocycles. The minimum atomic E-state index is -1.02. The molecule has 0 unspecified atom stereocenters. The smallest absolute Gasteiger partial charge is 0.335 e. The third kappa shape index (κ3) is 4.77. The molecule has 0 aliphatic carbocycles. The number of amides is 3. The van der Waals surface area contributed by atoms with Crippen molar-refractivity contribution >= 4 is 29.4 Å². The minimum Gasteiger partial charge on any atom is -0.478 e. The van der Waals surface area contributed by atoms with E-state index < -0.39 is 5.97 Å². The molecule has 7 heteroatoms. The number of carboxylic acids is 1. The fourth-order valence-electron chi connectivity index (χ4n) is 2.30. The number of imide groups is 1. The van der Waals surface area contributed by atoms with Crippen LogP contribution < -0.4 is 5.32 Å². The van der Waals surface area contributed by atoms with Gasteiger partial charge in [-0.15, -0.1) is 0 Å². The summed E-state index contributed by atoms with van der Waals surface area (Å²) in [6.07, 6.45) is 4.85. The number of anilines is 1. The summed E-state index contributed by atoms with van der Waals surface area (Å²) < 4.78 is 0. The lowest BCUT2D eigenvalue weighted by Gasteiger charge is -2.13. The Labute approximate surface area is 139 Å². The fourth-order valence-corrected chi connectivity index (χ4v) is 2.30. The molecule has 0 fully saturated rings. The van der Waals surface area contributed by atoms with E-state index in [1.807, 2.05) is 0 Å². The summed E-state index contributed by atoms with van der Waals surface area (Å²) in [7, 11) is 0. The molecule has 0 bridgehead atoms. The second-order valence-electron chi connectivity index (χ2n) is 5.40. The third-order valence-corrected chi connectivity index (χ3v) is 3.60. The van der Waals surface area contributed by atoms with E-state index in [2.05, 4.69) is 5.32 Å². The molecule has 0 saturated heterocycles. The van der Waals surface area contributed by atoms with E-state index in [1.165, 1.54) is 29.2 Å². The zero-order chi connectivity index (χ0) is 17.5. The van der Waals surface area contributed by atoms with Gasteiger partial charge in [0.2, 0.25) is 5.91 Å². The van der Waals surface area contributed by atoms with Crippen molar-refractivity contribution < 1.29 is 24.3 Å². The average Bonchev–Trinajstić information content (AvgIpc) is 2.86. The summed E-state index contributed by atoms with van der Waals surface area (Å²) in [6, 6.07) is 5.93. The van der Waals surface area contributed by atoms with Crippen molar-refractivity contribution in [2.75, 3.05) is 11.9 Å². The van der Waals surface area contributed by atoms with Crippen LogP contribution in [0.3, 0.4) is 0 Å². The monoisotopic (exact) mass is 330 g/mol. The van der Waals surface area contributed by atoms with Crippen LogP contribution in [0.25, 0.3) is 0 Å². The van der Waals surface area contributed by atoms with Gasteiger partial charge in [-0.05, 0) is 37.1 Å². The number of unbranched alkanes of at least 4 members (excludes halogenated alkanes) is 2. The molecule has 0 atom stereocenters. The largest absolute Gasteiger partial charge is 0.478 e. The van der Waals surface area contributed by atoms with E-state index in [9.17, 15) is 19.2 Å². The molecule has 1 aliphatic heterocycles. The molecule has 0 saturated carbocycles. The summed E-state index contributed by atoms with van der Waals surface area (Å²) >= 11 is 0.